The van der Waals surface area contributed by atoms with E-state index in [1.165, 1.54) is 4.57 Å². The molecular formula is C22H23N5O3. The minimum Gasteiger partial charge on any atom is -0.494 e. The number of benzene rings is 2. The van der Waals surface area contributed by atoms with Crippen LogP contribution in [0.4, 0.5) is 11.6 Å². The second kappa shape index (κ2) is 8.36. The summed E-state index contributed by atoms with van der Waals surface area (Å²) in [6.45, 7) is 5.40. The summed E-state index contributed by atoms with van der Waals surface area (Å²) in [5.74, 6) is 0.680. The van der Waals surface area contributed by atoms with Gasteiger partial charge in [0, 0.05) is 18.8 Å². The lowest BCUT2D eigenvalue weighted by Crippen LogP contribution is -2.36. The first kappa shape index (κ1) is 19.6. The molecule has 1 unspecified atom stereocenters. The van der Waals surface area contributed by atoms with E-state index in [-0.39, 0.29) is 11.7 Å². The molecule has 0 saturated heterocycles. The molecule has 0 aliphatic carbocycles. The Hall–Kier alpha value is -3.68. The molecule has 0 spiro atoms. The number of carbonyl (C=O) groups excluding carboxylic acids is 1. The highest BCUT2D eigenvalue weighted by Crippen LogP contribution is 2.28. The SMILES string of the molecule is CCOc1ccc(N2CCn3c2nnc(C(=O)NC(C)c2ccccc2)c3=O)cc1. The van der Waals surface area contributed by atoms with Crippen molar-refractivity contribution in [1.82, 2.24) is 20.1 Å². The minimum atomic E-state index is -0.529. The molecular weight excluding hydrogens is 382 g/mol. The summed E-state index contributed by atoms with van der Waals surface area (Å²) >= 11 is 0. The molecule has 2 aromatic carbocycles. The maximum Gasteiger partial charge on any atom is 0.286 e. The molecule has 3 aromatic rings. The number of nitrogens with zero attached hydrogens (tertiary/aromatic N) is 4. The Morgan fingerprint density at radius 3 is 2.53 bits per heavy atom. The predicted octanol–water partition coefficient (Wildman–Crippen LogP) is 2.68. The Bertz CT molecular complexity index is 1100. The van der Waals surface area contributed by atoms with Crippen LogP contribution >= 0.6 is 0 Å². The molecule has 8 heteroatoms. The number of hydrogen-bond donors (Lipinski definition) is 1. The number of ether oxygens (including phenoxy) is 1. The third kappa shape index (κ3) is 3.76. The van der Waals surface area contributed by atoms with Crippen molar-refractivity contribution in [3.63, 3.8) is 0 Å². The normalized spacial score (nSPS) is 13.6. The van der Waals surface area contributed by atoms with E-state index >= 15 is 0 Å². The Labute approximate surface area is 174 Å². The molecule has 8 nitrogen and oxygen atoms in total. The number of aromatic nitrogens is 3. The molecule has 4 rings (SSSR count). The van der Waals surface area contributed by atoms with Gasteiger partial charge in [-0.1, -0.05) is 30.3 Å². The number of carbonyl (C=O) groups is 1. The number of rotatable bonds is 6. The van der Waals surface area contributed by atoms with Gasteiger partial charge >= 0.3 is 0 Å². The van der Waals surface area contributed by atoms with E-state index in [1.54, 1.807) is 0 Å². The second-order valence-electron chi connectivity index (χ2n) is 6.99. The fourth-order valence-electron chi connectivity index (χ4n) is 3.48. The Kier molecular flexibility index (Phi) is 5.47. The van der Waals surface area contributed by atoms with Crippen LogP contribution in [-0.4, -0.2) is 33.8 Å². The molecule has 154 valence electrons. The van der Waals surface area contributed by atoms with Gasteiger partial charge in [-0.05, 0) is 43.7 Å². The van der Waals surface area contributed by atoms with Gasteiger partial charge in [-0.2, -0.15) is 0 Å². The Morgan fingerprint density at radius 1 is 1.10 bits per heavy atom. The second-order valence-corrected chi connectivity index (χ2v) is 6.99. The number of hydrogen-bond acceptors (Lipinski definition) is 6. The third-order valence-corrected chi connectivity index (χ3v) is 5.04. The van der Waals surface area contributed by atoms with Crippen LogP contribution in [-0.2, 0) is 6.54 Å². The molecule has 1 N–H and O–H groups in total. The van der Waals surface area contributed by atoms with E-state index in [1.807, 2.05) is 73.3 Å². The largest absolute Gasteiger partial charge is 0.494 e. The van der Waals surface area contributed by atoms with Gasteiger partial charge in [-0.3, -0.25) is 14.2 Å². The van der Waals surface area contributed by atoms with Crippen LogP contribution in [0.5, 0.6) is 5.75 Å². The zero-order valence-corrected chi connectivity index (χ0v) is 16.9. The molecule has 0 bridgehead atoms. The van der Waals surface area contributed by atoms with E-state index in [0.717, 1.165) is 17.0 Å². The maximum atomic E-state index is 12.9. The van der Waals surface area contributed by atoms with Crippen LogP contribution in [0, 0.1) is 0 Å². The topological polar surface area (TPSA) is 89.3 Å². The van der Waals surface area contributed by atoms with E-state index in [4.69, 9.17) is 4.74 Å². The molecule has 0 radical (unpaired) electrons. The summed E-state index contributed by atoms with van der Waals surface area (Å²) < 4.78 is 6.96. The first-order chi connectivity index (χ1) is 14.6. The smallest absolute Gasteiger partial charge is 0.286 e. The quantitative estimate of drug-likeness (QED) is 0.678. The molecule has 1 aromatic heterocycles. The van der Waals surface area contributed by atoms with E-state index in [0.29, 0.717) is 25.6 Å². The van der Waals surface area contributed by atoms with Gasteiger partial charge in [0.15, 0.2) is 0 Å². The van der Waals surface area contributed by atoms with E-state index < -0.39 is 11.5 Å². The summed E-state index contributed by atoms with van der Waals surface area (Å²) in [5, 5.41) is 11.0. The summed E-state index contributed by atoms with van der Waals surface area (Å²) in [5.41, 5.74) is 1.19. The highest BCUT2D eigenvalue weighted by molar-refractivity contribution is 5.92. The van der Waals surface area contributed by atoms with Crippen molar-refractivity contribution in [1.29, 1.82) is 0 Å². The van der Waals surface area contributed by atoms with E-state index in [9.17, 15) is 9.59 Å². The van der Waals surface area contributed by atoms with Gasteiger partial charge in [-0.25, -0.2) is 0 Å². The van der Waals surface area contributed by atoms with Gasteiger partial charge in [0.05, 0.1) is 12.6 Å². The highest BCUT2D eigenvalue weighted by atomic mass is 16.5. The molecule has 1 amide bonds. The number of nitrogens with one attached hydrogen (secondary N) is 1. The number of anilines is 2. The molecule has 2 heterocycles. The average molecular weight is 405 g/mol. The zero-order valence-electron chi connectivity index (χ0n) is 16.9. The number of fused-ring (bicyclic) bond motifs is 1. The predicted molar refractivity (Wildman–Crippen MR) is 113 cm³/mol. The van der Waals surface area contributed by atoms with Crippen LogP contribution in [0.3, 0.4) is 0 Å². The molecule has 30 heavy (non-hydrogen) atoms. The van der Waals surface area contributed by atoms with Gasteiger partial charge in [-0.15, -0.1) is 10.2 Å². The first-order valence-electron chi connectivity index (χ1n) is 9.92. The van der Waals surface area contributed by atoms with Crippen LogP contribution < -0.4 is 20.5 Å². The van der Waals surface area contributed by atoms with Gasteiger partial charge < -0.3 is 15.0 Å². The minimum absolute atomic E-state index is 0.199. The Morgan fingerprint density at radius 2 is 1.83 bits per heavy atom. The van der Waals surface area contributed by atoms with Crippen molar-refractivity contribution in [2.45, 2.75) is 26.4 Å². The van der Waals surface area contributed by atoms with Crippen LogP contribution in [0.25, 0.3) is 0 Å². The van der Waals surface area contributed by atoms with E-state index in [2.05, 4.69) is 15.5 Å². The Balaban J connectivity index is 1.55. The molecule has 0 saturated carbocycles. The highest BCUT2D eigenvalue weighted by Gasteiger charge is 2.27. The van der Waals surface area contributed by atoms with Crippen molar-refractivity contribution in [3.05, 3.63) is 76.2 Å². The van der Waals surface area contributed by atoms with Crippen LogP contribution in [0.1, 0.15) is 35.9 Å². The average Bonchev–Trinajstić information content (AvgIpc) is 3.20. The zero-order chi connectivity index (χ0) is 21.1. The first-order valence-corrected chi connectivity index (χ1v) is 9.92. The molecule has 1 aliphatic rings. The van der Waals surface area contributed by atoms with Crippen LogP contribution in [0.2, 0.25) is 0 Å². The fourth-order valence-corrected chi connectivity index (χ4v) is 3.48. The standard InChI is InChI=1S/C22H23N5O3/c1-3-30-18-11-9-17(10-12-18)26-13-14-27-21(29)19(24-25-22(26)27)20(28)23-15(2)16-7-5-4-6-8-16/h4-12,15H,3,13-14H2,1-2H3,(H,23,28). The van der Waals surface area contributed by atoms with Gasteiger partial charge in [0.25, 0.3) is 11.5 Å². The lowest BCUT2D eigenvalue weighted by molar-refractivity contribution is 0.0931. The molecule has 1 atom stereocenters. The lowest BCUT2D eigenvalue weighted by Gasteiger charge is -2.17. The van der Waals surface area contributed by atoms with Crippen molar-refractivity contribution in [3.8, 4) is 5.75 Å². The summed E-state index contributed by atoms with van der Waals surface area (Å²) in [6, 6.07) is 16.9. The summed E-state index contributed by atoms with van der Waals surface area (Å²) in [7, 11) is 0. The number of amides is 1. The molecule has 0 fully saturated rings. The van der Waals surface area contributed by atoms with Crippen molar-refractivity contribution in [2.75, 3.05) is 18.1 Å². The third-order valence-electron chi connectivity index (χ3n) is 5.04. The monoisotopic (exact) mass is 405 g/mol. The fraction of sp³-hybridized carbons (Fsp3) is 0.273. The summed E-state index contributed by atoms with van der Waals surface area (Å²) in [4.78, 5) is 27.4. The maximum absolute atomic E-state index is 12.9. The van der Waals surface area contributed by atoms with Crippen molar-refractivity contribution in [2.24, 2.45) is 0 Å². The van der Waals surface area contributed by atoms with Crippen LogP contribution in [0.15, 0.2) is 59.4 Å². The summed E-state index contributed by atoms with van der Waals surface area (Å²) in [6.07, 6.45) is 0. The van der Waals surface area contributed by atoms with Crippen molar-refractivity contribution >= 4 is 17.5 Å². The van der Waals surface area contributed by atoms with Crippen molar-refractivity contribution < 1.29 is 9.53 Å². The van der Waals surface area contributed by atoms with Gasteiger partial charge in [0.1, 0.15) is 5.75 Å². The van der Waals surface area contributed by atoms with Gasteiger partial charge in [0.2, 0.25) is 11.6 Å². The lowest BCUT2D eigenvalue weighted by atomic mass is 10.1. The molecule has 1 aliphatic heterocycles.